The van der Waals surface area contributed by atoms with E-state index in [1.165, 1.54) is 18.4 Å². The van der Waals surface area contributed by atoms with E-state index >= 15 is 0 Å². The van der Waals surface area contributed by atoms with E-state index in [2.05, 4.69) is 60.8 Å². The number of ether oxygens (including phenoxy) is 1. The van der Waals surface area contributed by atoms with Crippen LogP contribution in [0.3, 0.4) is 0 Å². The second-order valence-electron chi connectivity index (χ2n) is 7.95. The summed E-state index contributed by atoms with van der Waals surface area (Å²) in [7, 11) is 3.51. The number of aromatic nitrogens is 2. The predicted octanol–water partition coefficient (Wildman–Crippen LogP) is 3.59. The number of hydrogen-bond donors (Lipinski definition) is 3. The molecule has 7 heteroatoms. The molecule has 0 radical (unpaired) electrons. The first-order valence-electron chi connectivity index (χ1n) is 11.2. The average Bonchev–Trinajstić information content (AvgIpc) is 3.55. The van der Waals surface area contributed by atoms with Crippen molar-refractivity contribution in [1.82, 2.24) is 25.5 Å². The van der Waals surface area contributed by atoms with Gasteiger partial charge in [0, 0.05) is 13.6 Å². The van der Waals surface area contributed by atoms with Gasteiger partial charge >= 0.3 is 0 Å². The van der Waals surface area contributed by atoms with E-state index in [4.69, 9.17) is 4.74 Å². The van der Waals surface area contributed by atoms with Gasteiger partial charge in [0.1, 0.15) is 11.6 Å². The Bertz CT molecular complexity index is 1010. The monoisotopic (exact) mass is 432 g/mol. The summed E-state index contributed by atoms with van der Waals surface area (Å²) in [6, 6.07) is 18.8. The zero-order chi connectivity index (χ0) is 22.2. The van der Waals surface area contributed by atoms with E-state index in [0.717, 1.165) is 48.4 Å². The quantitative estimate of drug-likeness (QED) is 0.375. The van der Waals surface area contributed by atoms with Crippen LogP contribution < -0.4 is 15.4 Å². The minimum atomic E-state index is 0.263. The standard InChI is InChI=1S/C25H32N6O/c1-26-25(29-18-24-27-16-22(30-24)19-9-4-3-5-10-19)28-17-23(31-13-6-7-14-31)20-11-8-12-21(15-20)32-2/h3-5,8-12,15-16,23H,6-7,13-14,17-18H2,1-2H3,(H,27,30)(H2,26,28,29). The van der Waals surface area contributed by atoms with Gasteiger partial charge in [0.2, 0.25) is 0 Å². The third-order valence-electron chi connectivity index (χ3n) is 5.88. The number of aromatic amines is 1. The van der Waals surface area contributed by atoms with Crippen molar-refractivity contribution in [3.8, 4) is 17.0 Å². The third kappa shape index (κ3) is 5.48. The molecule has 1 saturated heterocycles. The number of likely N-dealkylation sites (tertiary alicyclic amines) is 1. The number of H-pyrrole nitrogens is 1. The van der Waals surface area contributed by atoms with Crippen LogP contribution in [-0.2, 0) is 6.54 Å². The first kappa shape index (κ1) is 21.9. The highest BCUT2D eigenvalue weighted by Gasteiger charge is 2.24. The highest BCUT2D eigenvalue weighted by molar-refractivity contribution is 5.79. The van der Waals surface area contributed by atoms with Crippen molar-refractivity contribution in [3.63, 3.8) is 0 Å². The summed E-state index contributed by atoms with van der Waals surface area (Å²) in [5.41, 5.74) is 3.39. The number of benzene rings is 2. The van der Waals surface area contributed by atoms with E-state index in [9.17, 15) is 0 Å². The van der Waals surface area contributed by atoms with Gasteiger partial charge in [-0.1, -0.05) is 42.5 Å². The molecule has 3 aromatic rings. The smallest absolute Gasteiger partial charge is 0.191 e. The number of methoxy groups -OCH3 is 1. The average molecular weight is 433 g/mol. The SMILES string of the molecule is CN=C(NCc1ncc(-c2ccccc2)[nH]1)NCC(c1cccc(OC)c1)N1CCCC1. The predicted molar refractivity (Wildman–Crippen MR) is 129 cm³/mol. The van der Waals surface area contributed by atoms with Crippen LogP contribution in [-0.4, -0.2) is 54.6 Å². The van der Waals surface area contributed by atoms with Crippen molar-refractivity contribution in [2.75, 3.05) is 33.8 Å². The van der Waals surface area contributed by atoms with Gasteiger partial charge in [-0.2, -0.15) is 0 Å². The van der Waals surface area contributed by atoms with Crippen LogP contribution in [0, 0.1) is 0 Å². The van der Waals surface area contributed by atoms with Gasteiger partial charge in [-0.15, -0.1) is 0 Å². The van der Waals surface area contributed by atoms with Gasteiger partial charge in [-0.05, 0) is 49.2 Å². The molecule has 3 N–H and O–H groups in total. The van der Waals surface area contributed by atoms with Crippen molar-refractivity contribution < 1.29 is 4.74 Å². The lowest BCUT2D eigenvalue weighted by Gasteiger charge is -2.29. The summed E-state index contributed by atoms with van der Waals surface area (Å²) >= 11 is 0. The molecular formula is C25H32N6O. The molecule has 4 rings (SSSR count). The van der Waals surface area contributed by atoms with Gasteiger partial charge in [0.05, 0.1) is 31.6 Å². The van der Waals surface area contributed by atoms with E-state index in [-0.39, 0.29) is 6.04 Å². The number of guanidine groups is 1. The molecule has 2 heterocycles. The minimum absolute atomic E-state index is 0.263. The molecule has 0 spiro atoms. The maximum atomic E-state index is 5.45. The van der Waals surface area contributed by atoms with E-state index in [0.29, 0.717) is 6.54 Å². The van der Waals surface area contributed by atoms with Gasteiger partial charge in [-0.25, -0.2) is 4.98 Å². The molecule has 1 aliphatic heterocycles. The number of hydrogen-bond acceptors (Lipinski definition) is 4. The highest BCUT2D eigenvalue weighted by Crippen LogP contribution is 2.27. The Balaban J connectivity index is 1.37. The first-order valence-corrected chi connectivity index (χ1v) is 11.2. The second-order valence-corrected chi connectivity index (χ2v) is 7.95. The normalized spacial score (nSPS) is 15.5. The molecule has 0 bridgehead atoms. The van der Waals surface area contributed by atoms with Crippen LogP contribution in [0.25, 0.3) is 11.3 Å². The molecule has 1 aromatic heterocycles. The first-order chi connectivity index (χ1) is 15.8. The maximum absolute atomic E-state index is 5.45. The fourth-order valence-electron chi connectivity index (χ4n) is 4.16. The van der Waals surface area contributed by atoms with Crippen LogP contribution in [0.1, 0.15) is 30.3 Å². The maximum Gasteiger partial charge on any atom is 0.191 e. The van der Waals surface area contributed by atoms with Gasteiger partial charge in [0.25, 0.3) is 0 Å². The zero-order valence-corrected chi connectivity index (χ0v) is 18.8. The number of aliphatic imine (C=N–C) groups is 1. The van der Waals surface area contributed by atoms with Crippen LogP contribution in [0.2, 0.25) is 0 Å². The summed E-state index contributed by atoms with van der Waals surface area (Å²) < 4.78 is 5.45. The molecule has 2 aromatic carbocycles. The molecule has 1 fully saturated rings. The number of rotatable bonds is 8. The summed E-state index contributed by atoms with van der Waals surface area (Å²) in [6.45, 7) is 3.56. The Morgan fingerprint density at radius 2 is 1.94 bits per heavy atom. The highest BCUT2D eigenvalue weighted by atomic mass is 16.5. The van der Waals surface area contributed by atoms with Crippen molar-refractivity contribution in [3.05, 3.63) is 72.2 Å². The third-order valence-corrected chi connectivity index (χ3v) is 5.88. The topological polar surface area (TPSA) is 77.6 Å². The van der Waals surface area contributed by atoms with Crippen molar-refractivity contribution in [2.45, 2.75) is 25.4 Å². The van der Waals surface area contributed by atoms with E-state index in [1.54, 1.807) is 14.2 Å². The fraction of sp³-hybridized carbons (Fsp3) is 0.360. The Hall–Kier alpha value is -3.32. The summed E-state index contributed by atoms with van der Waals surface area (Å²) in [4.78, 5) is 14.8. The molecule has 1 atom stereocenters. The number of nitrogens with zero attached hydrogens (tertiary/aromatic N) is 3. The minimum Gasteiger partial charge on any atom is -0.497 e. The molecule has 32 heavy (non-hydrogen) atoms. The lowest BCUT2D eigenvalue weighted by molar-refractivity contribution is 0.245. The molecule has 0 amide bonds. The number of imidazole rings is 1. The van der Waals surface area contributed by atoms with Gasteiger partial charge in [0.15, 0.2) is 5.96 Å². The lowest BCUT2D eigenvalue weighted by Crippen LogP contribution is -2.42. The molecule has 1 aliphatic rings. The fourth-order valence-corrected chi connectivity index (χ4v) is 4.16. The number of nitrogens with one attached hydrogen (secondary N) is 3. The largest absolute Gasteiger partial charge is 0.497 e. The summed E-state index contributed by atoms with van der Waals surface area (Å²) in [5.74, 6) is 2.52. The Morgan fingerprint density at radius 1 is 1.12 bits per heavy atom. The van der Waals surface area contributed by atoms with Gasteiger partial charge < -0.3 is 20.4 Å². The van der Waals surface area contributed by atoms with Crippen LogP contribution in [0.15, 0.2) is 65.8 Å². The van der Waals surface area contributed by atoms with E-state index < -0.39 is 0 Å². The van der Waals surface area contributed by atoms with E-state index in [1.807, 2.05) is 30.5 Å². The Morgan fingerprint density at radius 3 is 2.69 bits per heavy atom. The molecule has 0 aliphatic carbocycles. The second kappa shape index (κ2) is 10.8. The zero-order valence-electron chi connectivity index (χ0n) is 18.8. The molecular weight excluding hydrogens is 400 g/mol. The molecule has 1 unspecified atom stereocenters. The van der Waals surface area contributed by atoms with Crippen molar-refractivity contribution >= 4 is 5.96 Å². The Labute approximate surface area is 189 Å². The van der Waals surface area contributed by atoms with Crippen LogP contribution in [0.5, 0.6) is 5.75 Å². The Kier molecular flexibility index (Phi) is 7.40. The molecule has 168 valence electrons. The summed E-state index contributed by atoms with van der Waals surface area (Å²) in [6.07, 6.45) is 4.36. The van der Waals surface area contributed by atoms with Crippen LogP contribution >= 0.6 is 0 Å². The van der Waals surface area contributed by atoms with Crippen LogP contribution in [0.4, 0.5) is 0 Å². The molecule has 7 nitrogen and oxygen atoms in total. The summed E-state index contributed by atoms with van der Waals surface area (Å²) in [5, 5.41) is 6.88. The molecule has 0 saturated carbocycles. The lowest BCUT2D eigenvalue weighted by atomic mass is 10.1. The van der Waals surface area contributed by atoms with Gasteiger partial charge in [-0.3, -0.25) is 9.89 Å². The van der Waals surface area contributed by atoms with Crippen molar-refractivity contribution in [2.24, 2.45) is 4.99 Å². The van der Waals surface area contributed by atoms with Crippen molar-refractivity contribution in [1.29, 1.82) is 0 Å².